The second-order valence-corrected chi connectivity index (χ2v) is 25.7. The lowest BCUT2D eigenvalue weighted by atomic mass is 9.80. The number of rotatable bonds is 31. The van der Waals surface area contributed by atoms with E-state index in [-0.39, 0.29) is 78.1 Å². The Morgan fingerprint density at radius 1 is 0.366 bits per heavy atom. The number of ether oxygens (including phenoxy) is 4. The molecule has 0 spiro atoms. The molecular formula is C66H102N8O8. The molecule has 0 aliphatic heterocycles. The van der Waals surface area contributed by atoms with Crippen LogP contribution >= 0.6 is 0 Å². The molecule has 0 heterocycles. The van der Waals surface area contributed by atoms with Gasteiger partial charge in [-0.15, -0.1) is 0 Å². The zero-order valence-corrected chi connectivity index (χ0v) is 52.3. The van der Waals surface area contributed by atoms with E-state index in [2.05, 4.69) is 160 Å². The van der Waals surface area contributed by atoms with Gasteiger partial charge in [-0.05, 0) is 154 Å². The number of hydrogen-bond acceptors (Lipinski definition) is 12. The Kier molecular flexibility index (Phi) is 26.2. The molecule has 0 aliphatic rings. The summed E-state index contributed by atoms with van der Waals surface area (Å²) in [6.07, 6.45) is 4.10. The number of nitrogens with two attached hydrogens (primary N) is 4. The zero-order chi connectivity index (χ0) is 61.0. The number of hydrogen-bond donors (Lipinski definition) is 8. The topological polar surface area (TPSA) is 257 Å². The van der Waals surface area contributed by atoms with Crippen molar-refractivity contribution in [3.05, 3.63) is 115 Å². The van der Waals surface area contributed by atoms with Crippen LogP contribution in [0, 0.1) is 6.92 Å². The molecule has 454 valence electrons. The lowest BCUT2D eigenvalue weighted by molar-refractivity contribution is -0.123. The molecule has 0 fully saturated rings. The van der Waals surface area contributed by atoms with Crippen molar-refractivity contribution in [2.75, 3.05) is 78.8 Å². The normalized spacial score (nSPS) is 12.0. The van der Waals surface area contributed by atoms with Crippen molar-refractivity contribution in [1.29, 1.82) is 0 Å². The van der Waals surface area contributed by atoms with E-state index in [0.717, 1.165) is 66.8 Å². The van der Waals surface area contributed by atoms with Gasteiger partial charge in [-0.3, -0.25) is 19.2 Å². The Hall–Kier alpha value is -6.20. The van der Waals surface area contributed by atoms with Crippen LogP contribution in [-0.2, 0) is 66.5 Å². The Balaban J connectivity index is 2.12. The van der Waals surface area contributed by atoms with Crippen molar-refractivity contribution >= 4 is 23.6 Å². The first kappa shape index (κ1) is 68.3. The molecule has 4 aromatic carbocycles. The summed E-state index contributed by atoms with van der Waals surface area (Å²) in [6.45, 7) is 32.7. The van der Waals surface area contributed by atoms with Crippen LogP contribution in [0.4, 0.5) is 0 Å². The minimum absolute atomic E-state index is 0.183. The Morgan fingerprint density at radius 3 is 0.829 bits per heavy atom. The van der Waals surface area contributed by atoms with Crippen LogP contribution in [0.1, 0.15) is 182 Å². The Bertz CT molecular complexity index is 2760. The van der Waals surface area contributed by atoms with E-state index in [0.29, 0.717) is 120 Å². The van der Waals surface area contributed by atoms with Crippen molar-refractivity contribution in [2.45, 2.75) is 170 Å². The highest BCUT2D eigenvalue weighted by Crippen LogP contribution is 2.43. The predicted molar refractivity (Wildman–Crippen MR) is 332 cm³/mol. The molecule has 0 atom stereocenters. The molecule has 0 unspecified atom stereocenters. The molecule has 0 aromatic heterocycles. The number of carbonyl (C=O) groups excluding carboxylic acids is 4. The molecule has 12 N–H and O–H groups in total. The van der Waals surface area contributed by atoms with Crippen LogP contribution in [-0.4, -0.2) is 102 Å². The first-order valence-electron chi connectivity index (χ1n) is 29.5. The molecule has 0 aliphatic carbocycles. The standard InChI is InChI=1S/C66H102N8O8/c1-15-44-32-52(64(6,7)8)34-46(60(44)80-40-56(76)72-25-17-21-68)30-48-36-54(66(12,13)14)38-50(62(48)82-42-58(78)74-27-19-23-70)31-49-37-53(65(9,10)11)35-47(61(49)81-41-57(77)73-26-18-22-69)29-45-33-51(63(3,4)5)28-43(2)59(45)79-39-55(75)71-24-16-20-67/h28,32-38H,15-27,29-31,39-42,67-70H2,1-14H3,(H,71,75)(H,72,76)(H,73,77)(H,74,78). The van der Waals surface area contributed by atoms with Gasteiger partial charge in [0.05, 0.1) is 0 Å². The molecule has 4 amide bonds. The summed E-state index contributed by atoms with van der Waals surface area (Å²) in [5.41, 5.74) is 32.9. The summed E-state index contributed by atoms with van der Waals surface area (Å²) in [4.78, 5) is 53.7. The average Bonchev–Trinajstić information content (AvgIpc) is 3.57. The molecule has 4 aromatic rings. The van der Waals surface area contributed by atoms with E-state index in [9.17, 15) is 19.2 Å². The zero-order valence-electron chi connectivity index (χ0n) is 52.3. The van der Waals surface area contributed by atoms with Crippen molar-refractivity contribution in [2.24, 2.45) is 22.9 Å². The van der Waals surface area contributed by atoms with Gasteiger partial charge >= 0.3 is 0 Å². The van der Waals surface area contributed by atoms with E-state index in [1.165, 1.54) is 0 Å². The van der Waals surface area contributed by atoms with Crippen LogP contribution in [0.2, 0.25) is 0 Å². The van der Waals surface area contributed by atoms with E-state index in [4.69, 9.17) is 41.9 Å². The molecule has 16 nitrogen and oxygen atoms in total. The SMILES string of the molecule is CCc1cc(C(C)(C)C)cc(Cc2cc(C(C)(C)C)cc(Cc3cc(C(C)(C)C)cc(Cc4cc(C(C)(C)C)cc(C)c4OCC(=O)NCCCN)c3OCC(=O)NCCCN)c2OCC(=O)NCCCN)c1OCC(=O)NCCCN. The maximum Gasteiger partial charge on any atom is 0.257 e. The fourth-order valence-electron chi connectivity index (χ4n) is 9.35. The average molecular weight is 1140 g/mol. The molecular weight excluding hydrogens is 1030 g/mol. The number of aryl methyl sites for hydroxylation is 2. The highest BCUT2D eigenvalue weighted by molar-refractivity contribution is 5.79. The van der Waals surface area contributed by atoms with Gasteiger partial charge in [0.1, 0.15) is 23.0 Å². The van der Waals surface area contributed by atoms with Crippen LogP contribution in [0.15, 0.2) is 48.5 Å². The Morgan fingerprint density at radius 2 is 0.585 bits per heavy atom. The maximum atomic E-state index is 13.7. The van der Waals surface area contributed by atoms with Gasteiger partial charge in [-0.2, -0.15) is 0 Å². The summed E-state index contributed by atoms with van der Waals surface area (Å²) in [7, 11) is 0. The second-order valence-electron chi connectivity index (χ2n) is 25.7. The molecule has 0 radical (unpaired) electrons. The summed E-state index contributed by atoms with van der Waals surface area (Å²) < 4.78 is 26.7. The van der Waals surface area contributed by atoms with Gasteiger partial charge in [0.25, 0.3) is 23.6 Å². The van der Waals surface area contributed by atoms with Crippen molar-refractivity contribution < 1.29 is 38.1 Å². The van der Waals surface area contributed by atoms with E-state index in [1.54, 1.807) is 0 Å². The highest BCUT2D eigenvalue weighted by Gasteiger charge is 2.29. The minimum Gasteiger partial charge on any atom is -0.483 e. The third kappa shape index (κ3) is 21.2. The van der Waals surface area contributed by atoms with E-state index in [1.807, 2.05) is 6.92 Å². The maximum absolute atomic E-state index is 13.7. The van der Waals surface area contributed by atoms with Crippen LogP contribution in [0.25, 0.3) is 0 Å². The Labute approximate surface area is 491 Å². The molecule has 0 bridgehead atoms. The third-order valence-electron chi connectivity index (χ3n) is 14.3. The van der Waals surface area contributed by atoms with Crippen molar-refractivity contribution in [3.63, 3.8) is 0 Å². The number of amides is 4. The second kappa shape index (κ2) is 31.5. The minimum atomic E-state index is -0.364. The predicted octanol–water partition coefficient (Wildman–Crippen LogP) is 7.90. The molecule has 0 saturated carbocycles. The number of nitrogens with one attached hydrogen (secondary N) is 4. The van der Waals surface area contributed by atoms with Gasteiger partial charge in [0.2, 0.25) is 0 Å². The molecule has 16 heteroatoms. The van der Waals surface area contributed by atoms with Gasteiger partial charge in [-0.25, -0.2) is 0 Å². The highest BCUT2D eigenvalue weighted by atomic mass is 16.5. The van der Waals surface area contributed by atoms with E-state index < -0.39 is 0 Å². The summed E-state index contributed by atoms with van der Waals surface area (Å²) >= 11 is 0. The monoisotopic (exact) mass is 1130 g/mol. The lowest BCUT2D eigenvalue weighted by Crippen LogP contribution is -2.31. The van der Waals surface area contributed by atoms with Crippen molar-refractivity contribution in [1.82, 2.24) is 21.3 Å². The quantitative estimate of drug-likeness (QED) is 0.0224. The summed E-state index contributed by atoms with van der Waals surface area (Å²) in [5.74, 6) is 1.18. The van der Waals surface area contributed by atoms with Gasteiger partial charge in [-0.1, -0.05) is 139 Å². The third-order valence-corrected chi connectivity index (χ3v) is 14.3. The van der Waals surface area contributed by atoms with Crippen LogP contribution in [0.3, 0.4) is 0 Å². The summed E-state index contributed by atoms with van der Waals surface area (Å²) in [5, 5.41) is 11.8. The smallest absolute Gasteiger partial charge is 0.257 e. The van der Waals surface area contributed by atoms with Crippen molar-refractivity contribution in [3.8, 4) is 23.0 Å². The lowest BCUT2D eigenvalue weighted by Gasteiger charge is -2.28. The first-order chi connectivity index (χ1) is 38.5. The van der Waals surface area contributed by atoms with Gasteiger partial charge in [0.15, 0.2) is 26.4 Å². The van der Waals surface area contributed by atoms with E-state index >= 15 is 0 Å². The van der Waals surface area contributed by atoms with Crippen LogP contribution in [0.5, 0.6) is 23.0 Å². The number of benzene rings is 4. The van der Waals surface area contributed by atoms with Gasteiger partial charge in [0, 0.05) is 45.4 Å². The molecule has 0 saturated heterocycles. The summed E-state index contributed by atoms with van der Waals surface area (Å²) in [6, 6.07) is 17.2. The van der Waals surface area contributed by atoms with Gasteiger partial charge < -0.3 is 63.1 Å². The van der Waals surface area contributed by atoms with Crippen LogP contribution < -0.4 is 63.1 Å². The number of carbonyl (C=O) groups is 4. The first-order valence-corrected chi connectivity index (χ1v) is 29.5. The molecule has 82 heavy (non-hydrogen) atoms. The fourth-order valence-corrected chi connectivity index (χ4v) is 9.35. The fraction of sp³-hybridized carbons (Fsp3) is 0.576. The molecule has 4 rings (SSSR count). The largest absolute Gasteiger partial charge is 0.483 e.